The molecule has 5 heteroatoms. The van der Waals surface area contributed by atoms with Gasteiger partial charge in [0, 0.05) is 23.1 Å². The summed E-state index contributed by atoms with van der Waals surface area (Å²) in [5.41, 5.74) is 0.817. The predicted octanol–water partition coefficient (Wildman–Crippen LogP) is 0.414. The molecule has 10 heavy (non-hydrogen) atoms. The van der Waals surface area contributed by atoms with Crippen LogP contribution in [0.1, 0.15) is 16.1 Å². The van der Waals surface area contributed by atoms with Crippen molar-refractivity contribution in [3.63, 3.8) is 0 Å². The summed E-state index contributed by atoms with van der Waals surface area (Å²) in [6, 6.07) is 0. The number of carboxylic acids is 1. The molecule has 0 spiro atoms. The van der Waals surface area contributed by atoms with Crippen LogP contribution in [0.3, 0.4) is 0 Å². The van der Waals surface area contributed by atoms with Crippen molar-refractivity contribution >= 4 is 5.97 Å². The van der Waals surface area contributed by atoms with Gasteiger partial charge in [0.2, 0.25) is 0 Å². The van der Waals surface area contributed by atoms with Crippen LogP contribution in [0.4, 0.5) is 0 Å². The first-order valence-corrected chi connectivity index (χ1v) is 2.45. The Kier molecular flexibility index (Phi) is 3.13. The van der Waals surface area contributed by atoms with Gasteiger partial charge in [-0.15, -0.1) is 0 Å². The number of aryl methyl sites for hydroxylation is 1. The van der Waals surface area contributed by atoms with Gasteiger partial charge in [0.05, 0.1) is 6.20 Å². The number of hydrogen-bond donors (Lipinski definition) is 2. The minimum absolute atomic E-state index is 0. The van der Waals surface area contributed by atoms with Gasteiger partial charge in [0.15, 0.2) is 0 Å². The van der Waals surface area contributed by atoms with E-state index in [1.807, 2.05) is 0 Å². The number of aromatic nitrogens is 2. The molecule has 0 aliphatic carbocycles. The van der Waals surface area contributed by atoms with Gasteiger partial charge in [-0.05, 0) is 6.92 Å². The molecule has 0 atom stereocenters. The summed E-state index contributed by atoms with van der Waals surface area (Å²) in [6.07, 6.45) is 1.29. The molecule has 0 unspecified atom stereocenters. The zero-order valence-corrected chi connectivity index (χ0v) is 6.56. The summed E-state index contributed by atoms with van der Waals surface area (Å²) < 4.78 is 0. The van der Waals surface area contributed by atoms with Crippen LogP contribution in [-0.2, 0) is 17.4 Å². The van der Waals surface area contributed by atoms with E-state index < -0.39 is 5.97 Å². The number of carboxylic acid groups (broad SMARTS) is 1. The second kappa shape index (κ2) is 3.40. The van der Waals surface area contributed by atoms with Crippen LogP contribution in [0.5, 0.6) is 0 Å². The SMILES string of the molecule is Cc1[nH]ncc1C(=O)O.[Cr]. The molecular formula is C5H6CrN2O2. The van der Waals surface area contributed by atoms with Crippen molar-refractivity contribution in [1.82, 2.24) is 10.2 Å². The van der Waals surface area contributed by atoms with E-state index in [4.69, 9.17) is 5.11 Å². The molecule has 1 heterocycles. The number of rotatable bonds is 1. The van der Waals surface area contributed by atoms with Crippen LogP contribution in [0, 0.1) is 6.92 Å². The van der Waals surface area contributed by atoms with Crippen molar-refractivity contribution in [2.24, 2.45) is 0 Å². The van der Waals surface area contributed by atoms with Crippen LogP contribution < -0.4 is 0 Å². The maximum atomic E-state index is 10.2. The van der Waals surface area contributed by atoms with Crippen LogP contribution in [0.2, 0.25) is 0 Å². The fraction of sp³-hybridized carbons (Fsp3) is 0.200. The van der Waals surface area contributed by atoms with Gasteiger partial charge in [-0.3, -0.25) is 5.10 Å². The Bertz CT molecular complexity index is 233. The molecule has 0 saturated carbocycles. The first-order valence-electron chi connectivity index (χ1n) is 2.45. The monoisotopic (exact) mass is 178 g/mol. The number of H-pyrrole nitrogens is 1. The summed E-state index contributed by atoms with van der Waals surface area (Å²) in [5.74, 6) is -0.943. The van der Waals surface area contributed by atoms with Crippen LogP contribution in [-0.4, -0.2) is 21.3 Å². The molecule has 0 bridgehead atoms. The van der Waals surface area contributed by atoms with E-state index >= 15 is 0 Å². The van der Waals surface area contributed by atoms with E-state index in [9.17, 15) is 4.79 Å². The van der Waals surface area contributed by atoms with Gasteiger partial charge < -0.3 is 5.11 Å². The molecule has 0 aromatic carbocycles. The van der Waals surface area contributed by atoms with Gasteiger partial charge in [-0.1, -0.05) is 0 Å². The topological polar surface area (TPSA) is 66.0 Å². The largest absolute Gasteiger partial charge is 0.478 e. The van der Waals surface area contributed by atoms with Crippen LogP contribution in [0.15, 0.2) is 6.20 Å². The smallest absolute Gasteiger partial charge is 0.339 e. The second-order valence-electron chi connectivity index (χ2n) is 1.71. The van der Waals surface area contributed by atoms with Gasteiger partial charge in [0.25, 0.3) is 0 Å². The van der Waals surface area contributed by atoms with E-state index in [-0.39, 0.29) is 22.9 Å². The van der Waals surface area contributed by atoms with Crippen molar-refractivity contribution in [3.05, 3.63) is 17.5 Å². The van der Waals surface area contributed by atoms with Crippen molar-refractivity contribution in [2.75, 3.05) is 0 Å². The quantitative estimate of drug-likeness (QED) is 0.654. The van der Waals surface area contributed by atoms with Gasteiger partial charge in [0.1, 0.15) is 5.56 Å². The van der Waals surface area contributed by atoms with Gasteiger partial charge in [-0.2, -0.15) is 5.10 Å². The number of aromatic carboxylic acids is 1. The summed E-state index contributed by atoms with van der Waals surface area (Å²) in [6.45, 7) is 1.66. The summed E-state index contributed by atoms with van der Waals surface area (Å²) in [5, 5.41) is 14.5. The fourth-order valence-electron chi connectivity index (χ4n) is 0.566. The number of nitrogens with zero attached hydrogens (tertiary/aromatic N) is 1. The van der Waals surface area contributed by atoms with Crippen molar-refractivity contribution in [3.8, 4) is 0 Å². The zero-order chi connectivity index (χ0) is 6.85. The van der Waals surface area contributed by atoms with Crippen LogP contribution >= 0.6 is 0 Å². The Morgan fingerprint density at radius 3 is 2.60 bits per heavy atom. The molecule has 4 nitrogen and oxygen atoms in total. The van der Waals surface area contributed by atoms with Crippen molar-refractivity contribution < 1.29 is 27.3 Å². The fourth-order valence-corrected chi connectivity index (χ4v) is 0.566. The Morgan fingerprint density at radius 2 is 2.40 bits per heavy atom. The van der Waals surface area contributed by atoms with E-state index in [1.54, 1.807) is 6.92 Å². The zero-order valence-electron chi connectivity index (χ0n) is 5.29. The van der Waals surface area contributed by atoms with Crippen molar-refractivity contribution in [1.29, 1.82) is 0 Å². The Morgan fingerprint density at radius 1 is 1.80 bits per heavy atom. The first kappa shape index (κ1) is 9.21. The first-order chi connectivity index (χ1) is 4.22. The Labute approximate surface area is 68.4 Å². The number of nitrogens with one attached hydrogen (secondary N) is 1. The van der Waals surface area contributed by atoms with E-state index in [0.717, 1.165) is 0 Å². The predicted molar refractivity (Wildman–Crippen MR) is 30.3 cm³/mol. The average molecular weight is 178 g/mol. The molecular weight excluding hydrogens is 172 g/mol. The molecule has 0 fully saturated rings. The maximum absolute atomic E-state index is 10.2. The molecule has 2 N–H and O–H groups in total. The van der Waals surface area contributed by atoms with Crippen molar-refractivity contribution in [2.45, 2.75) is 6.92 Å². The van der Waals surface area contributed by atoms with E-state index in [1.165, 1.54) is 6.20 Å². The molecule has 0 radical (unpaired) electrons. The molecule has 0 amide bonds. The molecule has 0 saturated heterocycles. The minimum Gasteiger partial charge on any atom is -0.478 e. The van der Waals surface area contributed by atoms with Gasteiger partial charge >= 0.3 is 5.97 Å². The van der Waals surface area contributed by atoms with Crippen LogP contribution in [0.25, 0.3) is 0 Å². The minimum atomic E-state index is -0.943. The molecule has 1 aromatic heterocycles. The Hall–Kier alpha value is -0.788. The molecule has 54 valence electrons. The molecule has 0 aliphatic rings. The summed E-state index contributed by atoms with van der Waals surface area (Å²) in [4.78, 5) is 10.2. The standard InChI is InChI=1S/C5H6N2O2.Cr/c1-3-4(5(8)9)2-6-7-3;/h2H,1H3,(H,6,7)(H,8,9);. The third-order valence-electron chi connectivity index (χ3n) is 1.06. The third kappa shape index (κ3) is 1.59. The number of carbonyl (C=O) groups is 1. The normalized spacial score (nSPS) is 8.50. The molecule has 1 rings (SSSR count). The summed E-state index contributed by atoms with van der Waals surface area (Å²) >= 11 is 0. The molecule has 1 aromatic rings. The number of hydrogen-bond acceptors (Lipinski definition) is 2. The number of aromatic amines is 1. The maximum Gasteiger partial charge on any atom is 0.339 e. The average Bonchev–Trinajstić information content (AvgIpc) is 2.13. The second-order valence-corrected chi connectivity index (χ2v) is 1.71. The molecule has 0 aliphatic heterocycles. The summed E-state index contributed by atoms with van der Waals surface area (Å²) in [7, 11) is 0. The Balaban J connectivity index is 0.000000810. The van der Waals surface area contributed by atoms with Gasteiger partial charge in [-0.25, -0.2) is 4.79 Å². The van der Waals surface area contributed by atoms with E-state index in [0.29, 0.717) is 5.69 Å². The third-order valence-corrected chi connectivity index (χ3v) is 1.06. The van der Waals surface area contributed by atoms with E-state index in [2.05, 4.69) is 10.2 Å².